The zero-order valence-electron chi connectivity index (χ0n) is 13.5. The molecule has 0 atom stereocenters. The average Bonchev–Trinajstić information content (AvgIpc) is 2.53. The molecule has 2 aromatic carbocycles. The van der Waals surface area contributed by atoms with Crippen molar-refractivity contribution in [1.29, 1.82) is 0 Å². The predicted octanol–water partition coefficient (Wildman–Crippen LogP) is 5.23. The molecule has 0 aliphatic heterocycles. The van der Waals surface area contributed by atoms with E-state index in [1.54, 1.807) is 13.2 Å². The zero-order chi connectivity index (χ0) is 16.8. The summed E-state index contributed by atoms with van der Waals surface area (Å²) in [6.07, 6.45) is 3.31. The Labute approximate surface area is 145 Å². The number of hydrogen-bond donors (Lipinski definition) is 1. The Morgan fingerprint density at radius 3 is 2.61 bits per heavy atom. The van der Waals surface area contributed by atoms with Gasteiger partial charge in [0.25, 0.3) is 0 Å². The summed E-state index contributed by atoms with van der Waals surface area (Å²) >= 11 is 3.43. The van der Waals surface area contributed by atoms with Crippen LogP contribution in [0.3, 0.4) is 0 Å². The first kappa shape index (κ1) is 17.3. The van der Waals surface area contributed by atoms with Crippen LogP contribution in [0.15, 0.2) is 53.0 Å². The third kappa shape index (κ3) is 4.70. The second-order valence-electron chi connectivity index (χ2n) is 5.46. The minimum Gasteiger partial charge on any atom is -0.496 e. The van der Waals surface area contributed by atoms with Crippen LogP contribution in [0, 0.1) is 0 Å². The van der Waals surface area contributed by atoms with Gasteiger partial charge in [0.2, 0.25) is 5.91 Å². The number of amides is 1. The van der Waals surface area contributed by atoms with E-state index in [1.165, 1.54) is 6.08 Å². The van der Waals surface area contributed by atoms with Crippen molar-refractivity contribution in [2.24, 2.45) is 0 Å². The van der Waals surface area contributed by atoms with Crippen molar-refractivity contribution in [3.63, 3.8) is 0 Å². The summed E-state index contributed by atoms with van der Waals surface area (Å²) in [5.74, 6) is 0.968. The van der Waals surface area contributed by atoms with Gasteiger partial charge in [-0.2, -0.15) is 0 Å². The van der Waals surface area contributed by atoms with Gasteiger partial charge in [-0.3, -0.25) is 4.79 Å². The van der Waals surface area contributed by atoms with Gasteiger partial charge in [-0.1, -0.05) is 38.1 Å². The van der Waals surface area contributed by atoms with Crippen LogP contribution < -0.4 is 10.1 Å². The Bertz CT molecular complexity index is 723. The van der Waals surface area contributed by atoms with Gasteiger partial charge in [0, 0.05) is 11.8 Å². The van der Waals surface area contributed by atoms with Crippen molar-refractivity contribution in [3.8, 4) is 5.75 Å². The Morgan fingerprint density at radius 1 is 1.22 bits per heavy atom. The highest BCUT2D eigenvalue weighted by Gasteiger charge is 2.07. The van der Waals surface area contributed by atoms with Gasteiger partial charge in [0.05, 0.1) is 11.6 Å². The number of rotatable bonds is 5. The van der Waals surface area contributed by atoms with Gasteiger partial charge >= 0.3 is 0 Å². The molecule has 0 spiro atoms. The number of halogens is 1. The first-order valence-electron chi connectivity index (χ1n) is 7.42. The molecule has 3 nitrogen and oxygen atoms in total. The lowest BCUT2D eigenvalue weighted by molar-refractivity contribution is -0.111. The van der Waals surface area contributed by atoms with E-state index < -0.39 is 0 Å². The molecule has 0 aliphatic rings. The van der Waals surface area contributed by atoms with Crippen molar-refractivity contribution in [2.75, 3.05) is 12.4 Å². The average molecular weight is 374 g/mol. The van der Waals surface area contributed by atoms with Gasteiger partial charge in [-0.25, -0.2) is 0 Å². The Hall–Kier alpha value is -2.07. The lowest BCUT2D eigenvalue weighted by atomic mass is 10.0. The van der Waals surface area contributed by atoms with Crippen molar-refractivity contribution in [1.82, 2.24) is 0 Å². The fourth-order valence-electron chi connectivity index (χ4n) is 2.25. The zero-order valence-corrected chi connectivity index (χ0v) is 15.1. The highest BCUT2D eigenvalue weighted by molar-refractivity contribution is 9.10. The van der Waals surface area contributed by atoms with Crippen LogP contribution >= 0.6 is 15.9 Å². The molecule has 120 valence electrons. The molecule has 2 aromatic rings. The first-order valence-corrected chi connectivity index (χ1v) is 8.22. The topological polar surface area (TPSA) is 38.3 Å². The smallest absolute Gasteiger partial charge is 0.248 e. The predicted molar refractivity (Wildman–Crippen MR) is 98.9 cm³/mol. The molecule has 0 aliphatic carbocycles. The maximum Gasteiger partial charge on any atom is 0.248 e. The molecular weight excluding hydrogens is 354 g/mol. The number of nitrogens with one attached hydrogen (secondary N) is 1. The minimum absolute atomic E-state index is 0.148. The van der Waals surface area contributed by atoms with Gasteiger partial charge in [-0.15, -0.1) is 0 Å². The molecule has 0 saturated heterocycles. The second-order valence-corrected chi connectivity index (χ2v) is 6.31. The molecule has 23 heavy (non-hydrogen) atoms. The number of para-hydroxylation sites is 1. The largest absolute Gasteiger partial charge is 0.496 e. The maximum absolute atomic E-state index is 12.1. The van der Waals surface area contributed by atoms with E-state index in [2.05, 4.69) is 35.1 Å². The summed E-state index contributed by atoms with van der Waals surface area (Å²) < 4.78 is 6.04. The van der Waals surface area contributed by atoms with Gasteiger partial charge < -0.3 is 10.1 Å². The molecular formula is C19H20BrNO2. The van der Waals surface area contributed by atoms with E-state index in [0.717, 1.165) is 27.0 Å². The van der Waals surface area contributed by atoms with E-state index in [4.69, 9.17) is 4.74 Å². The monoisotopic (exact) mass is 373 g/mol. The van der Waals surface area contributed by atoms with E-state index in [-0.39, 0.29) is 5.91 Å². The van der Waals surface area contributed by atoms with Crippen LogP contribution in [0.25, 0.3) is 6.08 Å². The highest BCUT2D eigenvalue weighted by Crippen LogP contribution is 2.26. The third-order valence-electron chi connectivity index (χ3n) is 3.44. The SMILES string of the molecule is COc1ccc(/C=C/C(=O)Nc2ccccc2C(C)C)cc1Br. The van der Waals surface area contributed by atoms with Crippen molar-refractivity contribution < 1.29 is 9.53 Å². The van der Waals surface area contributed by atoms with Crippen LogP contribution in [0.2, 0.25) is 0 Å². The Kier molecular flexibility index (Phi) is 5.99. The van der Waals surface area contributed by atoms with Crippen LogP contribution in [0.1, 0.15) is 30.9 Å². The molecule has 0 radical (unpaired) electrons. The fourth-order valence-corrected chi connectivity index (χ4v) is 2.81. The number of ether oxygens (including phenoxy) is 1. The van der Waals surface area contributed by atoms with E-state index in [0.29, 0.717) is 5.92 Å². The van der Waals surface area contributed by atoms with Crippen LogP contribution in [0.4, 0.5) is 5.69 Å². The molecule has 0 aromatic heterocycles. The molecule has 0 unspecified atom stereocenters. The Balaban J connectivity index is 2.09. The molecule has 2 rings (SSSR count). The number of hydrogen-bond acceptors (Lipinski definition) is 2. The first-order chi connectivity index (χ1) is 11.0. The lowest BCUT2D eigenvalue weighted by Gasteiger charge is -2.12. The quantitative estimate of drug-likeness (QED) is 0.728. The number of methoxy groups -OCH3 is 1. The van der Waals surface area contributed by atoms with E-state index in [9.17, 15) is 4.79 Å². The van der Waals surface area contributed by atoms with E-state index >= 15 is 0 Å². The third-order valence-corrected chi connectivity index (χ3v) is 4.06. The summed E-state index contributed by atoms with van der Waals surface area (Å²) in [7, 11) is 1.62. The maximum atomic E-state index is 12.1. The van der Waals surface area contributed by atoms with Crippen LogP contribution in [-0.4, -0.2) is 13.0 Å². The number of benzene rings is 2. The number of anilines is 1. The molecule has 0 fully saturated rings. The molecule has 0 saturated carbocycles. The molecule has 0 bridgehead atoms. The molecule has 1 N–H and O–H groups in total. The minimum atomic E-state index is -0.148. The van der Waals surface area contributed by atoms with Gasteiger partial charge in [0.15, 0.2) is 0 Å². The second kappa shape index (κ2) is 7.97. The van der Waals surface area contributed by atoms with Crippen molar-refractivity contribution >= 4 is 33.6 Å². The lowest BCUT2D eigenvalue weighted by Crippen LogP contribution is -2.10. The summed E-state index contributed by atoms with van der Waals surface area (Å²) in [6.45, 7) is 4.21. The Morgan fingerprint density at radius 2 is 1.96 bits per heavy atom. The summed E-state index contributed by atoms with van der Waals surface area (Å²) in [5.41, 5.74) is 2.90. The molecule has 1 amide bonds. The number of carbonyl (C=O) groups is 1. The molecule has 0 heterocycles. The fraction of sp³-hybridized carbons (Fsp3) is 0.211. The summed E-state index contributed by atoms with van der Waals surface area (Å²) in [5, 5.41) is 2.94. The van der Waals surface area contributed by atoms with Crippen molar-refractivity contribution in [3.05, 3.63) is 64.1 Å². The van der Waals surface area contributed by atoms with E-state index in [1.807, 2.05) is 42.5 Å². The van der Waals surface area contributed by atoms with Gasteiger partial charge in [-0.05, 0) is 57.2 Å². The molecule has 4 heteroatoms. The standard InChI is InChI=1S/C19H20BrNO2/c1-13(2)15-6-4-5-7-17(15)21-19(22)11-9-14-8-10-18(23-3)16(20)12-14/h4-13H,1-3H3,(H,21,22)/b11-9+. The summed E-state index contributed by atoms with van der Waals surface area (Å²) in [6, 6.07) is 13.5. The number of carbonyl (C=O) groups excluding carboxylic acids is 1. The van der Waals surface area contributed by atoms with Crippen LogP contribution in [0.5, 0.6) is 5.75 Å². The van der Waals surface area contributed by atoms with Crippen LogP contribution in [-0.2, 0) is 4.79 Å². The highest BCUT2D eigenvalue weighted by atomic mass is 79.9. The van der Waals surface area contributed by atoms with Gasteiger partial charge in [0.1, 0.15) is 5.75 Å². The normalized spacial score (nSPS) is 11.0. The summed E-state index contributed by atoms with van der Waals surface area (Å²) in [4.78, 5) is 12.1. The van der Waals surface area contributed by atoms with Crippen molar-refractivity contribution in [2.45, 2.75) is 19.8 Å².